The van der Waals surface area contributed by atoms with Crippen LogP contribution in [0.5, 0.6) is 34.5 Å². The van der Waals surface area contributed by atoms with E-state index < -0.39 is 127 Å². The van der Waals surface area contributed by atoms with Crippen LogP contribution in [-0.4, -0.2) is 82.5 Å². The van der Waals surface area contributed by atoms with Gasteiger partial charge in [-0.15, -0.1) is 20.5 Å². The molecule has 0 amide bonds. The van der Waals surface area contributed by atoms with Crippen LogP contribution in [0.15, 0.2) is 113 Å². The van der Waals surface area contributed by atoms with E-state index in [0.717, 1.165) is 24.3 Å². The Hall–Kier alpha value is -1.48. The minimum absolute atomic E-state index is 0. The number of azo groups is 2. The number of hydrogen-bond donors (Lipinski definition) is 6. The normalized spacial score (nSPS) is 11.8. The Morgan fingerprint density at radius 1 is 0.391 bits per heavy atom. The summed E-state index contributed by atoms with van der Waals surface area (Å²) in [5.41, 5.74) is -2.48. The quantitative estimate of drug-likeness (QED) is 0.0445. The van der Waals surface area contributed by atoms with Gasteiger partial charge >= 0.3 is 118 Å². The van der Waals surface area contributed by atoms with Gasteiger partial charge in [0, 0.05) is 34.1 Å². The second-order valence-electron chi connectivity index (χ2n) is 11.8. The van der Waals surface area contributed by atoms with Crippen molar-refractivity contribution in [1.82, 2.24) is 0 Å². The summed E-state index contributed by atoms with van der Waals surface area (Å²) in [6, 6.07) is 10.2. The predicted molar refractivity (Wildman–Crippen MR) is 190 cm³/mol. The van der Waals surface area contributed by atoms with Gasteiger partial charge in [-0.2, -0.15) is 0 Å². The van der Waals surface area contributed by atoms with Gasteiger partial charge in [-0.3, -0.25) is 0 Å². The molecule has 0 fully saturated rings. The molecule has 0 aliphatic rings. The van der Waals surface area contributed by atoms with Crippen LogP contribution in [0.1, 0.15) is 0 Å². The average Bonchev–Trinajstić information content (AvgIpc) is 3.09. The van der Waals surface area contributed by atoms with Gasteiger partial charge in [0.25, 0.3) is 0 Å². The Balaban J connectivity index is 0.00000661. The van der Waals surface area contributed by atoms with Crippen molar-refractivity contribution in [2.24, 2.45) is 20.5 Å². The van der Waals surface area contributed by atoms with E-state index in [2.05, 4.69) is 20.5 Å². The summed E-state index contributed by atoms with van der Waals surface area (Å²) in [6.45, 7) is 0. The molecule has 64 heavy (non-hydrogen) atoms. The fourth-order valence-electron chi connectivity index (χ4n) is 5.52. The van der Waals surface area contributed by atoms with E-state index in [0.29, 0.717) is 36.4 Å². The van der Waals surface area contributed by atoms with Gasteiger partial charge in [0.05, 0.1) is 30.4 Å². The fraction of sp³-hybridized carbons (Fsp3) is 0. The molecule has 2 radical (unpaired) electrons. The van der Waals surface area contributed by atoms with Gasteiger partial charge in [-0.25, -0.2) is 33.7 Å². The third-order valence-electron chi connectivity index (χ3n) is 8.12. The molecule has 32 heteroatoms. The average molecular weight is 1090 g/mol. The standard InChI is InChI=1S/C32H22N4O18S4.2Cu.4Na/c37-21-7-13(1-3-19(21)33-35-29-25(57(49,50)51)9-15-5-17(55(43,44)45)11-23(39)27(15)31(29)41)14-2-4-20(22(38)8-14)34-36-30-26(58(52,53)54)10-16-6-18(56(46,47)48)12-24(40)28(16)32(30)42;;;;;;/h1-12,37-42H,(H,43,44,45)(H,46,47,48)(H,49,50,51)(H,52,53,54);;;;;;/q;;;4*+1/p-4. The van der Waals surface area contributed by atoms with E-state index in [-0.39, 0.29) is 175 Å². The molecule has 0 saturated heterocycles. The van der Waals surface area contributed by atoms with Crippen LogP contribution in [-0.2, 0) is 74.6 Å². The van der Waals surface area contributed by atoms with Crippen molar-refractivity contribution in [2.45, 2.75) is 19.6 Å². The van der Waals surface area contributed by atoms with Crippen molar-refractivity contribution < 1.29 is 235 Å². The summed E-state index contributed by atoms with van der Waals surface area (Å²) in [4.78, 5) is -4.49. The van der Waals surface area contributed by atoms with E-state index in [1.54, 1.807) is 0 Å². The summed E-state index contributed by atoms with van der Waals surface area (Å²) >= 11 is 0. The van der Waals surface area contributed by atoms with Crippen molar-refractivity contribution >= 4 is 84.8 Å². The molecule has 0 spiro atoms. The Bertz CT molecular complexity index is 3110. The van der Waals surface area contributed by atoms with Crippen LogP contribution in [0.25, 0.3) is 32.7 Å². The molecule has 0 aliphatic carbocycles. The molecule has 6 rings (SSSR count). The smallest absolute Gasteiger partial charge is 0.744 e. The van der Waals surface area contributed by atoms with Gasteiger partial charge in [-0.1, -0.05) is 12.1 Å². The van der Waals surface area contributed by atoms with E-state index in [4.69, 9.17) is 0 Å². The molecule has 0 aliphatic heterocycles. The topological polar surface area (TPSA) is 400 Å². The Morgan fingerprint density at radius 3 is 0.969 bits per heavy atom. The number of aromatic hydroxyl groups is 6. The van der Waals surface area contributed by atoms with Gasteiger partial charge in [0.1, 0.15) is 86.2 Å². The molecule has 22 nitrogen and oxygen atoms in total. The summed E-state index contributed by atoms with van der Waals surface area (Å²) < 4.78 is 141. The molecular weight excluding hydrogens is 1080 g/mol. The first-order valence-electron chi connectivity index (χ1n) is 15.1. The maximum absolute atomic E-state index is 12.1. The van der Waals surface area contributed by atoms with Crippen molar-refractivity contribution in [3.63, 3.8) is 0 Å². The predicted octanol–water partition coefficient (Wildman–Crippen LogP) is -7.65. The van der Waals surface area contributed by atoms with Crippen molar-refractivity contribution in [2.75, 3.05) is 0 Å². The summed E-state index contributed by atoms with van der Waals surface area (Å²) in [6.07, 6.45) is 0. The second kappa shape index (κ2) is 23.2. The van der Waals surface area contributed by atoms with E-state index >= 15 is 0 Å². The number of nitrogens with zero attached hydrogens (tertiary/aromatic N) is 4. The first kappa shape index (κ1) is 62.5. The molecular formula is C32H18Cu2N4Na4O18S4. The maximum atomic E-state index is 12.1. The number of hydrogen-bond acceptors (Lipinski definition) is 22. The molecule has 6 aromatic rings. The van der Waals surface area contributed by atoms with Crippen LogP contribution in [0.3, 0.4) is 0 Å². The largest absolute Gasteiger partial charge is 1.00 e. The minimum Gasteiger partial charge on any atom is -0.744 e. The third-order valence-corrected chi connectivity index (χ3v) is 11.4. The first-order chi connectivity index (χ1) is 26.8. The van der Waals surface area contributed by atoms with Crippen LogP contribution in [0.4, 0.5) is 22.7 Å². The summed E-state index contributed by atoms with van der Waals surface area (Å²) in [5.74, 6) is -5.60. The molecule has 0 atom stereocenters. The third kappa shape index (κ3) is 13.4. The van der Waals surface area contributed by atoms with E-state index in [1.807, 2.05) is 0 Å². The number of phenols is 6. The number of benzene rings is 6. The Labute approximate surface area is 471 Å². The number of fused-ring (bicyclic) bond motifs is 2. The van der Waals surface area contributed by atoms with Crippen molar-refractivity contribution in [3.05, 3.63) is 72.8 Å². The zero-order chi connectivity index (χ0) is 42.9. The number of phenolic OH excluding ortho intramolecular Hbond substituents is 6. The second-order valence-corrected chi connectivity index (χ2v) is 17.3. The van der Waals surface area contributed by atoms with Crippen LogP contribution in [0.2, 0.25) is 0 Å². The maximum Gasteiger partial charge on any atom is 1.00 e. The van der Waals surface area contributed by atoms with E-state index in [9.17, 15) is 82.5 Å². The van der Waals surface area contributed by atoms with Crippen LogP contribution < -0.4 is 118 Å². The van der Waals surface area contributed by atoms with Crippen molar-refractivity contribution in [1.29, 1.82) is 0 Å². The Morgan fingerprint density at radius 2 is 0.703 bits per heavy atom. The zero-order valence-corrected chi connectivity index (χ0v) is 45.7. The summed E-state index contributed by atoms with van der Waals surface area (Å²) in [5, 5.41) is 75.7. The van der Waals surface area contributed by atoms with Crippen LogP contribution >= 0.6 is 0 Å². The minimum atomic E-state index is -5.49. The van der Waals surface area contributed by atoms with Gasteiger partial charge in [-0.05, 0) is 82.6 Å². The first-order valence-corrected chi connectivity index (χ1v) is 20.8. The van der Waals surface area contributed by atoms with Gasteiger partial charge in [0.15, 0.2) is 11.5 Å². The molecule has 6 N–H and O–H groups in total. The van der Waals surface area contributed by atoms with Crippen molar-refractivity contribution in [3.8, 4) is 45.6 Å². The molecule has 324 valence electrons. The van der Waals surface area contributed by atoms with Gasteiger partial charge in [0.2, 0.25) is 0 Å². The van der Waals surface area contributed by atoms with Crippen LogP contribution in [0, 0.1) is 0 Å². The molecule has 0 bridgehead atoms. The molecule has 0 saturated carbocycles. The molecule has 0 heterocycles. The zero-order valence-electron chi connectivity index (χ0n) is 32.5. The fourth-order valence-corrected chi connectivity index (χ4v) is 7.87. The number of rotatable bonds is 9. The van der Waals surface area contributed by atoms with Gasteiger partial charge < -0.3 is 48.9 Å². The summed E-state index contributed by atoms with van der Waals surface area (Å²) in [7, 11) is -21.3. The Kier molecular flexibility index (Phi) is 22.7. The SMILES string of the molecule is O=S(=O)([O-])c1cc(O)c2c(O)c(N=Nc3ccc(-c4ccc(N=Nc5c(S(=O)(=O)[O-])cc6cc(S(=O)(=O)[O-])cc(O)c6c5O)c(O)c4)cc3O)c(S(=O)(=O)[O-])cc2c1.[Cu].[Cu].[Na+].[Na+].[Na+].[Na+]. The molecule has 0 aromatic heterocycles. The molecule has 0 unspecified atom stereocenters. The monoisotopic (exact) mass is 1090 g/mol. The van der Waals surface area contributed by atoms with E-state index in [1.165, 1.54) is 12.1 Å². The molecule has 6 aromatic carbocycles.